The maximum Gasteiger partial charge on any atom is 0.352 e. The van der Waals surface area contributed by atoms with Crippen molar-refractivity contribution >= 4 is 76.4 Å². The van der Waals surface area contributed by atoms with E-state index in [1.54, 1.807) is 0 Å². The van der Waals surface area contributed by atoms with E-state index in [1.807, 2.05) is 17.5 Å². The number of fused-ring (bicyclic) bond motifs is 1. The molecule has 2 N–H and O–H groups in total. The second kappa shape index (κ2) is 9.24. The number of carboxylic acid groups (broad SMARTS) is 1. The summed E-state index contributed by atoms with van der Waals surface area (Å²) >= 11 is 2.79. The molecule has 0 aliphatic carbocycles. The first kappa shape index (κ1) is 22.0. The van der Waals surface area contributed by atoms with E-state index < -0.39 is 29.3 Å². The standard InChI is InChI=1S/C16H16N2O6S2.Na/c1-8(19)24-6-9-7-26-15-12(14(21)18(15)13(9)16(22)23)17-11(20)5-10-3-2-4-25-10;/h2-4,12,15H,5-7H2,1H3,(H,17,20)(H,22,23);/t12-,15-;/m1./s1. The zero-order valence-corrected chi connectivity index (χ0v) is 18.4. The molecule has 1 aromatic heterocycles. The molecule has 8 nitrogen and oxygen atoms in total. The van der Waals surface area contributed by atoms with Crippen LogP contribution in [0, 0.1) is 0 Å². The van der Waals surface area contributed by atoms with Gasteiger partial charge < -0.3 is 15.2 Å². The van der Waals surface area contributed by atoms with E-state index in [2.05, 4.69) is 5.32 Å². The van der Waals surface area contributed by atoms with Gasteiger partial charge in [-0.3, -0.25) is 19.3 Å². The number of rotatable bonds is 6. The Hall–Kier alpha value is -1.33. The van der Waals surface area contributed by atoms with E-state index >= 15 is 0 Å². The van der Waals surface area contributed by atoms with Gasteiger partial charge in [0.25, 0.3) is 5.91 Å². The molecule has 11 heteroatoms. The van der Waals surface area contributed by atoms with Crippen molar-refractivity contribution in [3.63, 3.8) is 0 Å². The number of thiophene rings is 1. The number of nitrogens with zero attached hydrogens (tertiary/aromatic N) is 1. The number of amides is 2. The van der Waals surface area contributed by atoms with Crippen LogP contribution < -0.4 is 5.32 Å². The van der Waals surface area contributed by atoms with Crippen LogP contribution in [0.25, 0.3) is 0 Å². The smallest absolute Gasteiger partial charge is 0.352 e. The number of hydrogen-bond acceptors (Lipinski definition) is 7. The second-order valence-corrected chi connectivity index (χ2v) is 7.89. The molecule has 139 valence electrons. The van der Waals surface area contributed by atoms with Crippen molar-refractivity contribution in [2.45, 2.75) is 24.8 Å². The number of aliphatic carboxylic acids is 1. The Bertz CT molecular complexity index is 795. The third kappa shape index (κ3) is 4.75. The summed E-state index contributed by atoms with van der Waals surface area (Å²) in [4.78, 5) is 49.2. The second-order valence-electron chi connectivity index (χ2n) is 5.75. The average Bonchev–Trinajstić information content (AvgIpc) is 3.09. The Labute approximate surface area is 185 Å². The summed E-state index contributed by atoms with van der Waals surface area (Å²) in [5.74, 6) is -2.23. The number of ether oxygens (including phenoxy) is 1. The molecule has 2 amide bonds. The predicted molar refractivity (Wildman–Crippen MR) is 100 cm³/mol. The van der Waals surface area contributed by atoms with E-state index in [-0.39, 0.29) is 54.2 Å². The van der Waals surface area contributed by atoms with E-state index in [1.165, 1.54) is 30.0 Å². The van der Waals surface area contributed by atoms with Gasteiger partial charge in [-0.25, -0.2) is 4.79 Å². The Balaban J connectivity index is 0.00000261. The molecule has 3 rings (SSSR count). The number of hydrogen-bond donors (Lipinski definition) is 2. The summed E-state index contributed by atoms with van der Waals surface area (Å²) in [6, 6.07) is 2.92. The number of nitrogens with one attached hydrogen (secondary N) is 1. The zero-order valence-electron chi connectivity index (χ0n) is 14.8. The van der Waals surface area contributed by atoms with Crippen molar-refractivity contribution in [3.8, 4) is 0 Å². The Morgan fingerprint density at radius 1 is 1.41 bits per heavy atom. The fourth-order valence-electron chi connectivity index (χ4n) is 2.78. The van der Waals surface area contributed by atoms with Gasteiger partial charge in [-0.05, 0) is 11.4 Å². The van der Waals surface area contributed by atoms with Gasteiger partial charge in [0.15, 0.2) is 0 Å². The molecule has 0 bridgehead atoms. The Morgan fingerprint density at radius 3 is 2.74 bits per heavy atom. The van der Waals surface area contributed by atoms with E-state index in [4.69, 9.17) is 4.74 Å². The fourth-order valence-corrected chi connectivity index (χ4v) is 4.81. The quantitative estimate of drug-likeness (QED) is 0.385. The molecule has 0 unspecified atom stereocenters. The summed E-state index contributed by atoms with van der Waals surface area (Å²) in [5, 5.41) is 13.5. The third-order valence-corrected chi connectivity index (χ3v) is 6.15. The zero-order chi connectivity index (χ0) is 18.8. The van der Waals surface area contributed by atoms with Gasteiger partial charge in [-0.15, -0.1) is 23.1 Å². The van der Waals surface area contributed by atoms with E-state index in [0.29, 0.717) is 11.3 Å². The van der Waals surface area contributed by atoms with Gasteiger partial charge in [-0.1, -0.05) is 6.07 Å². The van der Waals surface area contributed by atoms with Crippen LogP contribution in [0.5, 0.6) is 0 Å². The molecule has 2 aliphatic rings. The number of thioether (sulfide) groups is 1. The van der Waals surface area contributed by atoms with Crippen LogP contribution in [0.1, 0.15) is 11.8 Å². The van der Waals surface area contributed by atoms with Crippen LogP contribution in [0.15, 0.2) is 28.8 Å². The number of carboxylic acids is 1. The minimum Gasteiger partial charge on any atom is -0.477 e. The van der Waals surface area contributed by atoms with Crippen molar-refractivity contribution in [3.05, 3.63) is 33.7 Å². The molecule has 3 heterocycles. The summed E-state index contributed by atoms with van der Waals surface area (Å²) in [7, 11) is 0. The molecule has 27 heavy (non-hydrogen) atoms. The van der Waals surface area contributed by atoms with Gasteiger partial charge in [-0.2, -0.15) is 0 Å². The van der Waals surface area contributed by atoms with Crippen molar-refractivity contribution in [1.29, 1.82) is 0 Å². The van der Waals surface area contributed by atoms with E-state index in [0.717, 1.165) is 9.78 Å². The largest absolute Gasteiger partial charge is 0.477 e. The molecule has 0 spiro atoms. The van der Waals surface area contributed by atoms with Crippen LogP contribution >= 0.6 is 23.1 Å². The van der Waals surface area contributed by atoms with Crippen molar-refractivity contribution in [1.82, 2.24) is 10.2 Å². The SMILES string of the molecule is CC(=O)OCC1=C(C(=O)O)N2C(=O)[C@@H](NC(=O)Cc3cccs3)[C@H]2SC1.[Na]. The molecule has 2 atom stereocenters. The van der Waals surface area contributed by atoms with Gasteiger partial charge in [0, 0.05) is 52.7 Å². The summed E-state index contributed by atoms with van der Waals surface area (Å²) in [6.45, 7) is 1.06. The van der Waals surface area contributed by atoms with Gasteiger partial charge >= 0.3 is 11.9 Å². The van der Waals surface area contributed by atoms with Crippen LogP contribution in [-0.4, -0.2) is 87.1 Å². The summed E-state index contributed by atoms with van der Waals surface area (Å²) < 4.78 is 4.87. The van der Waals surface area contributed by atoms with Crippen molar-refractivity contribution in [2.75, 3.05) is 12.4 Å². The first-order chi connectivity index (χ1) is 12.4. The van der Waals surface area contributed by atoms with Crippen molar-refractivity contribution < 1.29 is 29.0 Å². The first-order valence-corrected chi connectivity index (χ1v) is 9.66. The number of esters is 1. The minimum atomic E-state index is -1.26. The van der Waals surface area contributed by atoms with Crippen LogP contribution in [0.2, 0.25) is 0 Å². The summed E-state index contributed by atoms with van der Waals surface area (Å²) in [6.07, 6.45) is 0.179. The molecule has 0 saturated carbocycles. The molecular formula is C16H16N2NaO6S2. The Kier molecular flexibility index (Phi) is 7.52. The van der Waals surface area contributed by atoms with Crippen LogP contribution in [-0.2, 0) is 30.3 Å². The monoisotopic (exact) mass is 419 g/mol. The number of carbonyl (C=O) groups is 4. The molecule has 2 aliphatic heterocycles. The molecule has 1 fully saturated rings. The number of β-lactam (4-membered cyclic amide) rings is 1. The average molecular weight is 419 g/mol. The predicted octanol–water partition coefficient (Wildman–Crippen LogP) is 0.212. The maximum atomic E-state index is 12.4. The molecule has 1 aromatic rings. The fraction of sp³-hybridized carbons (Fsp3) is 0.375. The van der Waals surface area contributed by atoms with Gasteiger partial charge in [0.05, 0.1) is 6.42 Å². The topological polar surface area (TPSA) is 113 Å². The Morgan fingerprint density at radius 2 is 2.15 bits per heavy atom. The molecule has 1 saturated heterocycles. The van der Waals surface area contributed by atoms with E-state index in [9.17, 15) is 24.3 Å². The summed E-state index contributed by atoms with van der Waals surface area (Å²) in [5.41, 5.74) is 0.203. The van der Waals surface area contributed by atoms with Crippen LogP contribution in [0.4, 0.5) is 0 Å². The maximum absolute atomic E-state index is 12.4. The normalized spacial score (nSPS) is 20.9. The van der Waals surface area contributed by atoms with Crippen molar-refractivity contribution in [2.24, 2.45) is 0 Å². The molecule has 1 radical (unpaired) electrons. The minimum absolute atomic E-state index is 0. The van der Waals surface area contributed by atoms with Crippen LogP contribution in [0.3, 0.4) is 0 Å². The van der Waals surface area contributed by atoms with Gasteiger partial charge in [0.1, 0.15) is 23.7 Å². The first-order valence-electron chi connectivity index (χ1n) is 7.73. The van der Waals surface area contributed by atoms with Gasteiger partial charge in [0.2, 0.25) is 5.91 Å². The number of carbonyl (C=O) groups excluding carboxylic acids is 3. The molecule has 0 aromatic carbocycles. The third-order valence-electron chi connectivity index (χ3n) is 3.93. The molecular weight excluding hydrogens is 403 g/mol.